The van der Waals surface area contributed by atoms with E-state index in [-0.39, 0.29) is 5.78 Å². The summed E-state index contributed by atoms with van der Waals surface area (Å²) >= 11 is 0. The number of nitrogens with one attached hydrogen (secondary N) is 2. The summed E-state index contributed by atoms with van der Waals surface area (Å²) in [6, 6.07) is 13.3. The number of anilines is 2. The van der Waals surface area contributed by atoms with E-state index in [0.29, 0.717) is 22.7 Å². The zero-order valence-electron chi connectivity index (χ0n) is 12.3. The molecule has 6 nitrogen and oxygen atoms in total. The first-order valence-corrected chi connectivity index (χ1v) is 7.03. The molecule has 1 heterocycles. The van der Waals surface area contributed by atoms with Crippen molar-refractivity contribution in [3.8, 4) is 5.75 Å². The standard InChI is InChI=1S/C17H14N2O4/c1-10(20)11-6-8-12(9-7-11)18-16(21)15-17(22)19-13-4-2-3-5-14(13)23-15/h2-9,15H,1H3,(H,18,21)(H,19,22)/t15-/m0/s1. The molecular weight excluding hydrogens is 296 g/mol. The van der Waals surface area contributed by atoms with Gasteiger partial charge in [-0.05, 0) is 43.3 Å². The van der Waals surface area contributed by atoms with Crippen molar-refractivity contribution in [2.75, 3.05) is 10.6 Å². The summed E-state index contributed by atoms with van der Waals surface area (Å²) in [7, 11) is 0. The summed E-state index contributed by atoms with van der Waals surface area (Å²) in [5, 5.41) is 5.23. The van der Waals surface area contributed by atoms with Gasteiger partial charge in [-0.1, -0.05) is 12.1 Å². The van der Waals surface area contributed by atoms with Gasteiger partial charge in [-0.15, -0.1) is 0 Å². The van der Waals surface area contributed by atoms with E-state index in [2.05, 4.69) is 10.6 Å². The number of Topliss-reactive ketones (excluding diaryl/α,β-unsaturated/α-hetero) is 1. The van der Waals surface area contributed by atoms with Crippen molar-refractivity contribution in [2.24, 2.45) is 0 Å². The molecule has 2 N–H and O–H groups in total. The Labute approximate surface area is 132 Å². The lowest BCUT2D eigenvalue weighted by Crippen LogP contribution is -2.45. The van der Waals surface area contributed by atoms with Gasteiger partial charge in [-0.3, -0.25) is 14.4 Å². The first kappa shape index (κ1) is 14.8. The SMILES string of the molecule is CC(=O)c1ccc(NC(=O)[C@@H]2Oc3ccccc3NC2=O)cc1. The molecule has 0 radical (unpaired) electrons. The molecule has 0 saturated heterocycles. The average molecular weight is 310 g/mol. The van der Waals surface area contributed by atoms with E-state index in [1.54, 1.807) is 48.5 Å². The van der Waals surface area contributed by atoms with Crippen LogP contribution in [0.3, 0.4) is 0 Å². The van der Waals surface area contributed by atoms with Crippen LogP contribution in [0.4, 0.5) is 11.4 Å². The van der Waals surface area contributed by atoms with Crippen LogP contribution in [-0.2, 0) is 9.59 Å². The van der Waals surface area contributed by atoms with E-state index in [4.69, 9.17) is 4.74 Å². The lowest BCUT2D eigenvalue weighted by Gasteiger charge is -2.24. The van der Waals surface area contributed by atoms with Gasteiger partial charge in [0.25, 0.3) is 17.9 Å². The number of para-hydroxylation sites is 2. The Morgan fingerprint density at radius 2 is 1.78 bits per heavy atom. The van der Waals surface area contributed by atoms with Gasteiger partial charge in [0.2, 0.25) is 0 Å². The molecule has 2 amide bonds. The number of ether oxygens (including phenoxy) is 1. The highest BCUT2D eigenvalue weighted by Gasteiger charge is 2.33. The zero-order chi connectivity index (χ0) is 16.4. The quantitative estimate of drug-likeness (QED) is 0.672. The summed E-state index contributed by atoms with van der Waals surface area (Å²) in [6.45, 7) is 1.46. The maximum atomic E-state index is 12.2. The van der Waals surface area contributed by atoms with Crippen molar-refractivity contribution in [3.63, 3.8) is 0 Å². The number of hydrogen-bond acceptors (Lipinski definition) is 4. The molecule has 2 aromatic carbocycles. The molecule has 6 heteroatoms. The van der Waals surface area contributed by atoms with Gasteiger partial charge in [0.05, 0.1) is 5.69 Å². The fourth-order valence-corrected chi connectivity index (χ4v) is 2.22. The average Bonchev–Trinajstić information content (AvgIpc) is 2.54. The summed E-state index contributed by atoms with van der Waals surface area (Å²) in [5.41, 5.74) is 1.56. The van der Waals surface area contributed by atoms with Crippen LogP contribution in [0.25, 0.3) is 0 Å². The summed E-state index contributed by atoms with van der Waals surface area (Å²) in [4.78, 5) is 35.5. The molecule has 0 unspecified atom stereocenters. The fourth-order valence-electron chi connectivity index (χ4n) is 2.22. The summed E-state index contributed by atoms with van der Waals surface area (Å²) < 4.78 is 5.46. The number of ketones is 1. The maximum absolute atomic E-state index is 12.2. The maximum Gasteiger partial charge on any atom is 0.275 e. The van der Waals surface area contributed by atoms with Crippen LogP contribution in [0.15, 0.2) is 48.5 Å². The van der Waals surface area contributed by atoms with Crippen molar-refractivity contribution >= 4 is 29.0 Å². The second-order valence-electron chi connectivity index (χ2n) is 5.11. The van der Waals surface area contributed by atoms with Crippen molar-refractivity contribution in [1.29, 1.82) is 0 Å². The minimum absolute atomic E-state index is 0.0607. The molecule has 116 valence electrons. The Kier molecular flexibility index (Phi) is 3.80. The largest absolute Gasteiger partial charge is 0.468 e. The van der Waals surface area contributed by atoms with Gasteiger partial charge in [-0.25, -0.2) is 0 Å². The van der Waals surface area contributed by atoms with E-state index >= 15 is 0 Å². The first-order valence-electron chi connectivity index (χ1n) is 7.03. The number of amides is 2. The zero-order valence-corrected chi connectivity index (χ0v) is 12.3. The summed E-state index contributed by atoms with van der Waals surface area (Å²) in [5.74, 6) is -0.720. The second-order valence-corrected chi connectivity index (χ2v) is 5.11. The number of benzene rings is 2. The van der Waals surface area contributed by atoms with E-state index < -0.39 is 17.9 Å². The number of hydrogen-bond donors (Lipinski definition) is 2. The van der Waals surface area contributed by atoms with Crippen LogP contribution in [0.1, 0.15) is 17.3 Å². The third-order valence-corrected chi connectivity index (χ3v) is 3.42. The van der Waals surface area contributed by atoms with Crippen LogP contribution in [0.2, 0.25) is 0 Å². The van der Waals surface area contributed by atoms with Gasteiger partial charge in [0, 0.05) is 11.3 Å². The Morgan fingerprint density at radius 1 is 1.09 bits per heavy atom. The molecule has 23 heavy (non-hydrogen) atoms. The van der Waals surface area contributed by atoms with Crippen LogP contribution in [-0.4, -0.2) is 23.7 Å². The second kappa shape index (κ2) is 5.92. The third kappa shape index (κ3) is 3.06. The molecule has 1 aliphatic rings. The molecule has 0 aromatic heterocycles. The molecule has 0 saturated carbocycles. The summed E-state index contributed by atoms with van der Waals surface area (Å²) in [6.07, 6.45) is -1.27. The van der Waals surface area contributed by atoms with Crippen LogP contribution in [0.5, 0.6) is 5.75 Å². The predicted molar refractivity (Wildman–Crippen MR) is 84.6 cm³/mol. The van der Waals surface area contributed by atoms with Crippen molar-refractivity contribution in [3.05, 3.63) is 54.1 Å². The van der Waals surface area contributed by atoms with Crippen molar-refractivity contribution in [2.45, 2.75) is 13.0 Å². The molecule has 0 aliphatic carbocycles. The Hall–Kier alpha value is -3.15. The highest BCUT2D eigenvalue weighted by Crippen LogP contribution is 2.29. The smallest absolute Gasteiger partial charge is 0.275 e. The number of carbonyl (C=O) groups excluding carboxylic acids is 3. The lowest BCUT2D eigenvalue weighted by molar-refractivity contribution is -0.133. The Balaban J connectivity index is 1.73. The normalized spacial score (nSPS) is 15.9. The third-order valence-electron chi connectivity index (χ3n) is 3.42. The van der Waals surface area contributed by atoms with Crippen molar-refractivity contribution in [1.82, 2.24) is 0 Å². The first-order chi connectivity index (χ1) is 11.0. The topological polar surface area (TPSA) is 84.5 Å². The van der Waals surface area contributed by atoms with E-state index in [1.807, 2.05) is 0 Å². The van der Waals surface area contributed by atoms with E-state index in [9.17, 15) is 14.4 Å². The highest BCUT2D eigenvalue weighted by atomic mass is 16.5. The van der Waals surface area contributed by atoms with Gasteiger partial charge in [0.15, 0.2) is 5.78 Å². The van der Waals surface area contributed by atoms with Gasteiger partial charge in [-0.2, -0.15) is 0 Å². The number of carbonyl (C=O) groups is 3. The van der Waals surface area contributed by atoms with Crippen molar-refractivity contribution < 1.29 is 19.1 Å². The Morgan fingerprint density at radius 3 is 2.48 bits per heavy atom. The van der Waals surface area contributed by atoms with Crippen LogP contribution in [0, 0.1) is 0 Å². The van der Waals surface area contributed by atoms with Crippen LogP contribution >= 0.6 is 0 Å². The predicted octanol–water partition coefficient (Wildman–Crippen LogP) is 2.23. The molecule has 0 spiro atoms. The fraction of sp³-hybridized carbons (Fsp3) is 0.118. The van der Waals surface area contributed by atoms with Crippen LogP contribution < -0.4 is 15.4 Å². The minimum atomic E-state index is -1.27. The monoisotopic (exact) mass is 310 g/mol. The number of fused-ring (bicyclic) bond motifs is 1. The minimum Gasteiger partial charge on any atom is -0.468 e. The van der Waals surface area contributed by atoms with Gasteiger partial charge in [0.1, 0.15) is 5.75 Å². The van der Waals surface area contributed by atoms with E-state index in [0.717, 1.165) is 0 Å². The lowest BCUT2D eigenvalue weighted by atomic mass is 10.1. The molecular formula is C17H14N2O4. The Bertz CT molecular complexity index is 783. The molecule has 1 atom stereocenters. The molecule has 1 aliphatic heterocycles. The highest BCUT2D eigenvalue weighted by molar-refractivity contribution is 6.15. The molecule has 0 bridgehead atoms. The van der Waals surface area contributed by atoms with Gasteiger partial charge < -0.3 is 15.4 Å². The van der Waals surface area contributed by atoms with E-state index in [1.165, 1.54) is 6.92 Å². The molecule has 0 fully saturated rings. The molecule has 3 rings (SSSR count). The number of rotatable bonds is 3. The molecule has 2 aromatic rings. The van der Waals surface area contributed by atoms with Gasteiger partial charge >= 0.3 is 0 Å².